The van der Waals surface area contributed by atoms with Crippen LogP contribution in [0.4, 0.5) is 4.79 Å². The van der Waals surface area contributed by atoms with E-state index in [1.165, 1.54) is 0 Å². The number of hydrogen-bond donors (Lipinski definition) is 1. The molecule has 126 valence electrons. The number of rotatable bonds is 5. The zero-order valence-corrected chi connectivity index (χ0v) is 13.6. The number of carbonyl (C=O) groups is 1. The Labute approximate surface area is 140 Å². The predicted molar refractivity (Wildman–Crippen MR) is 87.1 cm³/mol. The minimum absolute atomic E-state index is 0.182. The van der Waals surface area contributed by atoms with Crippen LogP contribution in [0, 0.1) is 0 Å². The van der Waals surface area contributed by atoms with Gasteiger partial charge in [-0.1, -0.05) is 12.1 Å². The number of ether oxygens (including phenoxy) is 3. The van der Waals surface area contributed by atoms with Gasteiger partial charge in [0, 0.05) is 31.9 Å². The Morgan fingerprint density at radius 2 is 2.17 bits per heavy atom. The molecular weight excluding hydrogens is 310 g/mol. The molecule has 2 heterocycles. The Morgan fingerprint density at radius 1 is 1.33 bits per heavy atom. The third-order valence-electron chi connectivity index (χ3n) is 3.68. The first-order chi connectivity index (χ1) is 11.7. The summed E-state index contributed by atoms with van der Waals surface area (Å²) in [5, 5.41) is 2.86. The molecule has 1 aromatic carbocycles. The molecule has 0 aliphatic carbocycles. The fourth-order valence-electron chi connectivity index (χ4n) is 2.43. The van der Waals surface area contributed by atoms with Gasteiger partial charge in [0.05, 0.1) is 7.11 Å². The summed E-state index contributed by atoms with van der Waals surface area (Å²) in [6, 6.07) is 9.14. The Hall–Kier alpha value is -2.96. The number of hydrogen-bond acceptors (Lipinski definition) is 5. The molecular formula is C17H19N3O4. The zero-order chi connectivity index (χ0) is 16.9. The number of fused-ring (bicyclic) bond motifs is 1. The smallest absolute Gasteiger partial charge is 0.317 e. The molecule has 0 bridgehead atoms. The standard InChI is InChI=1S/C17H19N3O4/c1-20(10-12-5-6-14-15(8-12)24-11-23-14)17(21)19-9-13-4-3-7-18-16(13)22-2/h3-8H,9-11H2,1-2H3,(H,19,21). The molecule has 0 unspecified atom stereocenters. The minimum Gasteiger partial charge on any atom is -0.481 e. The highest BCUT2D eigenvalue weighted by Crippen LogP contribution is 2.32. The number of methoxy groups -OCH3 is 1. The van der Waals surface area contributed by atoms with Crippen LogP contribution in [0.3, 0.4) is 0 Å². The lowest BCUT2D eigenvalue weighted by Gasteiger charge is -2.18. The maximum absolute atomic E-state index is 12.3. The van der Waals surface area contributed by atoms with Gasteiger partial charge in [-0.3, -0.25) is 0 Å². The van der Waals surface area contributed by atoms with Gasteiger partial charge in [-0.2, -0.15) is 0 Å². The average molecular weight is 329 g/mol. The highest BCUT2D eigenvalue weighted by Gasteiger charge is 2.15. The van der Waals surface area contributed by atoms with Crippen molar-refractivity contribution in [1.82, 2.24) is 15.2 Å². The van der Waals surface area contributed by atoms with Crippen LogP contribution in [0.15, 0.2) is 36.5 Å². The van der Waals surface area contributed by atoms with Crippen LogP contribution < -0.4 is 19.5 Å². The summed E-state index contributed by atoms with van der Waals surface area (Å²) in [6.07, 6.45) is 1.65. The number of urea groups is 1. The maximum Gasteiger partial charge on any atom is 0.317 e. The minimum atomic E-state index is -0.182. The van der Waals surface area contributed by atoms with E-state index in [1.807, 2.05) is 24.3 Å². The molecule has 0 radical (unpaired) electrons. The zero-order valence-electron chi connectivity index (χ0n) is 13.6. The predicted octanol–water partition coefficient (Wildman–Crippen LogP) is 2.16. The Kier molecular flexibility index (Phi) is 4.69. The molecule has 0 atom stereocenters. The van der Waals surface area contributed by atoms with E-state index in [9.17, 15) is 4.79 Å². The van der Waals surface area contributed by atoms with E-state index >= 15 is 0 Å². The number of benzene rings is 1. The Morgan fingerprint density at radius 3 is 3.00 bits per heavy atom. The average Bonchev–Trinajstić information content (AvgIpc) is 3.07. The third-order valence-corrected chi connectivity index (χ3v) is 3.68. The molecule has 1 aliphatic heterocycles. The van der Waals surface area contributed by atoms with Crippen LogP contribution in [0.5, 0.6) is 17.4 Å². The van der Waals surface area contributed by atoms with Gasteiger partial charge in [-0.05, 0) is 23.8 Å². The molecule has 0 saturated carbocycles. The van der Waals surface area contributed by atoms with E-state index in [1.54, 1.807) is 31.3 Å². The van der Waals surface area contributed by atoms with E-state index in [0.29, 0.717) is 24.7 Å². The molecule has 0 saturated heterocycles. The van der Waals surface area contributed by atoms with Crippen molar-refractivity contribution in [2.24, 2.45) is 0 Å². The van der Waals surface area contributed by atoms with E-state index in [4.69, 9.17) is 14.2 Å². The largest absolute Gasteiger partial charge is 0.481 e. The number of aromatic nitrogens is 1. The highest BCUT2D eigenvalue weighted by atomic mass is 16.7. The monoisotopic (exact) mass is 329 g/mol. The lowest BCUT2D eigenvalue weighted by atomic mass is 10.2. The summed E-state index contributed by atoms with van der Waals surface area (Å²) in [4.78, 5) is 18.0. The van der Waals surface area contributed by atoms with E-state index in [2.05, 4.69) is 10.3 Å². The van der Waals surface area contributed by atoms with Gasteiger partial charge in [-0.15, -0.1) is 0 Å². The van der Waals surface area contributed by atoms with Crippen molar-refractivity contribution in [2.45, 2.75) is 13.1 Å². The van der Waals surface area contributed by atoms with Crippen LogP contribution in [0.25, 0.3) is 0 Å². The lowest BCUT2D eigenvalue weighted by Crippen LogP contribution is -2.36. The highest BCUT2D eigenvalue weighted by molar-refractivity contribution is 5.74. The van der Waals surface area contributed by atoms with Crippen LogP contribution >= 0.6 is 0 Å². The molecule has 0 fully saturated rings. The molecule has 1 N–H and O–H groups in total. The van der Waals surface area contributed by atoms with Crippen molar-refractivity contribution in [2.75, 3.05) is 21.0 Å². The lowest BCUT2D eigenvalue weighted by molar-refractivity contribution is 0.174. The van der Waals surface area contributed by atoms with Crippen molar-refractivity contribution >= 4 is 6.03 Å². The molecule has 0 spiro atoms. The molecule has 3 rings (SSSR count). The van der Waals surface area contributed by atoms with Gasteiger partial charge in [0.2, 0.25) is 12.7 Å². The Balaban J connectivity index is 1.57. The number of pyridine rings is 1. The van der Waals surface area contributed by atoms with Crippen molar-refractivity contribution in [3.05, 3.63) is 47.7 Å². The fraction of sp³-hybridized carbons (Fsp3) is 0.294. The second-order valence-corrected chi connectivity index (χ2v) is 5.37. The maximum atomic E-state index is 12.3. The second kappa shape index (κ2) is 7.08. The van der Waals surface area contributed by atoms with Gasteiger partial charge in [-0.25, -0.2) is 9.78 Å². The van der Waals surface area contributed by atoms with E-state index < -0.39 is 0 Å². The first-order valence-electron chi connectivity index (χ1n) is 7.52. The number of carbonyl (C=O) groups excluding carboxylic acids is 1. The van der Waals surface area contributed by atoms with Crippen molar-refractivity contribution in [3.8, 4) is 17.4 Å². The van der Waals surface area contributed by atoms with E-state index in [-0.39, 0.29) is 12.8 Å². The summed E-state index contributed by atoms with van der Waals surface area (Å²) in [5.74, 6) is 1.95. The van der Waals surface area contributed by atoms with Gasteiger partial charge in [0.1, 0.15) is 0 Å². The van der Waals surface area contributed by atoms with Gasteiger partial charge in [0.15, 0.2) is 11.5 Å². The quantitative estimate of drug-likeness (QED) is 0.910. The summed E-state index contributed by atoms with van der Waals surface area (Å²) >= 11 is 0. The summed E-state index contributed by atoms with van der Waals surface area (Å²) in [6.45, 7) is 1.05. The summed E-state index contributed by atoms with van der Waals surface area (Å²) < 4.78 is 15.8. The molecule has 2 aromatic rings. The van der Waals surface area contributed by atoms with Crippen LogP contribution in [-0.2, 0) is 13.1 Å². The SMILES string of the molecule is COc1ncccc1CNC(=O)N(C)Cc1ccc2c(c1)OCO2. The first kappa shape index (κ1) is 15.9. The summed E-state index contributed by atoms with van der Waals surface area (Å²) in [7, 11) is 3.29. The third kappa shape index (κ3) is 3.51. The number of nitrogens with one attached hydrogen (secondary N) is 1. The topological polar surface area (TPSA) is 72.9 Å². The van der Waals surface area contributed by atoms with Crippen LogP contribution in [0.2, 0.25) is 0 Å². The van der Waals surface area contributed by atoms with Gasteiger partial charge >= 0.3 is 6.03 Å². The normalized spacial score (nSPS) is 11.9. The molecule has 1 aliphatic rings. The van der Waals surface area contributed by atoms with Crippen molar-refractivity contribution in [3.63, 3.8) is 0 Å². The van der Waals surface area contributed by atoms with E-state index in [0.717, 1.165) is 16.9 Å². The molecule has 1 aromatic heterocycles. The first-order valence-corrected chi connectivity index (χ1v) is 7.52. The van der Waals surface area contributed by atoms with Crippen LogP contribution in [-0.4, -0.2) is 36.9 Å². The second-order valence-electron chi connectivity index (χ2n) is 5.37. The molecule has 2 amide bonds. The van der Waals surface area contributed by atoms with Crippen molar-refractivity contribution in [1.29, 1.82) is 0 Å². The molecule has 24 heavy (non-hydrogen) atoms. The molecule has 7 nitrogen and oxygen atoms in total. The fourth-order valence-corrected chi connectivity index (χ4v) is 2.43. The molecule has 7 heteroatoms. The van der Waals surface area contributed by atoms with Crippen molar-refractivity contribution < 1.29 is 19.0 Å². The van der Waals surface area contributed by atoms with Crippen LogP contribution in [0.1, 0.15) is 11.1 Å². The van der Waals surface area contributed by atoms with Gasteiger partial charge < -0.3 is 24.4 Å². The van der Waals surface area contributed by atoms with Gasteiger partial charge in [0.25, 0.3) is 0 Å². The Bertz CT molecular complexity index is 736. The number of amides is 2. The summed E-state index contributed by atoms with van der Waals surface area (Å²) in [5.41, 5.74) is 1.79. The number of nitrogens with zero attached hydrogens (tertiary/aromatic N) is 2.